The molecule has 2 aliphatic rings. The summed E-state index contributed by atoms with van der Waals surface area (Å²) in [6.45, 7) is 2.50. The van der Waals surface area contributed by atoms with E-state index in [0.29, 0.717) is 18.8 Å². The van der Waals surface area contributed by atoms with Gasteiger partial charge in [-0.25, -0.2) is 21.5 Å². The van der Waals surface area contributed by atoms with Gasteiger partial charge in [-0.2, -0.15) is 0 Å². The van der Waals surface area contributed by atoms with Crippen LogP contribution in [0.15, 0.2) is 10.6 Å². The van der Waals surface area contributed by atoms with Crippen LogP contribution in [-0.4, -0.2) is 42.6 Å². The molecule has 2 heterocycles. The fourth-order valence-electron chi connectivity index (χ4n) is 3.02. The van der Waals surface area contributed by atoms with E-state index < -0.39 is 21.9 Å². The second-order valence-corrected chi connectivity index (χ2v) is 8.13. The molecule has 1 aliphatic heterocycles. The van der Waals surface area contributed by atoms with Crippen molar-refractivity contribution in [3.63, 3.8) is 0 Å². The zero-order valence-electron chi connectivity index (χ0n) is 11.8. The molecule has 0 aromatic carbocycles. The predicted molar refractivity (Wildman–Crippen MR) is 71.6 cm³/mol. The van der Waals surface area contributed by atoms with E-state index >= 15 is 0 Å². The first-order valence-corrected chi connectivity index (χ1v) is 8.65. The van der Waals surface area contributed by atoms with Gasteiger partial charge in [0.1, 0.15) is 5.76 Å². The van der Waals surface area contributed by atoms with E-state index in [-0.39, 0.29) is 30.9 Å². The Balaban J connectivity index is 1.56. The van der Waals surface area contributed by atoms with Crippen LogP contribution in [-0.2, 0) is 10.0 Å². The summed E-state index contributed by atoms with van der Waals surface area (Å²) in [5.41, 5.74) is 0.756. The van der Waals surface area contributed by atoms with Crippen LogP contribution in [0.25, 0.3) is 0 Å². The maximum Gasteiger partial charge on any atom is 0.248 e. The fourth-order valence-corrected chi connectivity index (χ4v) is 4.92. The topological polar surface area (TPSA) is 63.4 Å². The van der Waals surface area contributed by atoms with Gasteiger partial charge in [0.25, 0.3) is 0 Å². The first-order chi connectivity index (χ1) is 9.75. The second-order valence-electron chi connectivity index (χ2n) is 6.12. The Labute approximate surface area is 122 Å². The van der Waals surface area contributed by atoms with Crippen molar-refractivity contribution in [1.82, 2.24) is 9.46 Å². The number of sulfonamides is 1. The van der Waals surface area contributed by atoms with Crippen molar-refractivity contribution < 1.29 is 21.7 Å². The predicted octanol–water partition coefficient (Wildman–Crippen LogP) is 2.15. The SMILES string of the molecule is Cc1cc(C2CN(S(=O)(=O)CC3CCC(F)(F)C3)C2)no1. The van der Waals surface area contributed by atoms with Crippen molar-refractivity contribution >= 4 is 10.0 Å². The number of nitrogens with zero attached hydrogens (tertiary/aromatic N) is 2. The standard InChI is InChI=1S/C13H18F2N2O3S/c1-9-4-12(16-20-9)11-6-17(7-11)21(18,19)8-10-2-3-13(14,15)5-10/h4,10-11H,2-3,5-8H2,1H3. The molecule has 0 radical (unpaired) electrons. The van der Waals surface area contributed by atoms with E-state index in [1.165, 1.54) is 4.31 Å². The van der Waals surface area contributed by atoms with Gasteiger partial charge >= 0.3 is 0 Å². The van der Waals surface area contributed by atoms with Crippen LogP contribution in [0.5, 0.6) is 0 Å². The van der Waals surface area contributed by atoms with Crippen LogP contribution in [0, 0.1) is 12.8 Å². The van der Waals surface area contributed by atoms with Crippen LogP contribution >= 0.6 is 0 Å². The average molecular weight is 320 g/mol. The van der Waals surface area contributed by atoms with Crippen molar-refractivity contribution in [1.29, 1.82) is 0 Å². The molecule has 0 bridgehead atoms. The van der Waals surface area contributed by atoms with Crippen molar-refractivity contribution in [2.24, 2.45) is 5.92 Å². The number of halogens is 2. The summed E-state index contributed by atoms with van der Waals surface area (Å²) in [5, 5.41) is 3.88. The summed E-state index contributed by atoms with van der Waals surface area (Å²) >= 11 is 0. The maximum atomic E-state index is 13.1. The monoisotopic (exact) mass is 320 g/mol. The van der Waals surface area contributed by atoms with Gasteiger partial charge in [-0.3, -0.25) is 0 Å². The van der Waals surface area contributed by atoms with E-state index in [1.807, 2.05) is 0 Å². The van der Waals surface area contributed by atoms with Gasteiger partial charge in [-0.15, -0.1) is 0 Å². The van der Waals surface area contributed by atoms with Gasteiger partial charge in [-0.05, 0) is 19.3 Å². The van der Waals surface area contributed by atoms with Gasteiger partial charge in [0.05, 0.1) is 11.4 Å². The summed E-state index contributed by atoms with van der Waals surface area (Å²) in [4.78, 5) is 0. The molecule has 1 saturated carbocycles. The molecule has 0 spiro atoms. The zero-order chi connectivity index (χ0) is 15.3. The molecular weight excluding hydrogens is 302 g/mol. The van der Waals surface area contributed by atoms with Crippen molar-refractivity contribution in [2.75, 3.05) is 18.8 Å². The third-order valence-electron chi connectivity index (χ3n) is 4.26. The van der Waals surface area contributed by atoms with Gasteiger partial charge in [-0.1, -0.05) is 5.16 Å². The van der Waals surface area contributed by atoms with E-state index in [9.17, 15) is 17.2 Å². The molecule has 1 saturated heterocycles. The Bertz CT molecular complexity index is 623. The smallest absolute Gasteiger partial charge is 0.248 e. The lowest BCUT2D eigenvalue weighted by Crippen LogP contribution is -2.50. The fraction of sp³-hybridized carbons (Fsp3) is 0.769. The molecule has 1 unspecified atom stereocenters. The van der Waals surface area contributed by atoms with Crippen LogP contribution in [0.3, 0.4) is 0 Å². The summed E-state index contributed by atoms with van der Waals surface area (Å²) in [6.07, 6.45) is -0.230. The van der Waals surface area contributed by atoms with E-state index in [1.54, 1.807) is 13.0 Å². The molecule has 1 atom stereocenters. The number of aryl methyl sites for hydroxylation is 1. The lowest BCUT2D eigenvalue weighted by molar-refractivity contribution is 0.00587. The number of alkyl halides is 2. The number of hydrogen-bond donors (Lipinski definition) is 0. The minimum absolute atomic E-state index is 0.0437. The average Bonchev–Trinajstić information content (AvgIpc) is 2.82. The van der Waals surface area contributed by atoms with E-state index in [4.69, 9.17) is 4.52 Å². The van der Waals surface area contributed by atoms with Gasteiger partial charge in [0.2, 0.25) is 15.9 Å². The highest BCUT2D eigenvalue weighted by Crippen LogP contribution is 2.40. The first-order valence-electron chi connectivity index (χ1n) is 7.04. The van der Waals surface area contributed by atoms with Crippen molar-refractivity contribution in [3.8, 4) is 0 Å². The summed E-state index contributed by atoms with van der Waals surface area (Å²) < 4.78 is 57.0. The summed E-state index contributed by atoms with van der Waals surface area (Å²) in [5.74, 6) is -2.57. The lowest BCUT2D eigenvalue weighted by atomic mass is 9.99. The molecule has 1 aromatic rings. The second kappa shape index (κ2) is 5.01. The molecule has 0 amide bonds. The molecule has 2 fully saturated rings. The molecule has 1 aliphatic carbocycles. The lowest BCUT2D eigenvalue weighted by Gasteiger charge is -2.37. The number of hydrogen-bond acceptors (Lipinski definition) is 4. The van der Waals surface area contributed by atoms with Gasteiger partial charge in [0, 0.05) is 37.9 Å². The van der Waals surface area contributed by atoms with Crippen LogP contribution in [0.4, 0.5) is 8.78 Å². The third-order valence-corrected chi connectivity index (χ3v) is 6.24. The van der Waals surface area contributed by atoms with Crippen LogP contribution in [0.1, 0.15) is 36.6 Å². The minimum atomic E-state index is -3.45. The molecule has 8 heteroatoms. The Morgan fingerprint density at radius 2 is 2.19 bits per heavy atom. The third kappa shape index (κ3) is 3.11. The number of aromatic nitrogens is 1. The summed E-state index contributed by atoms with van der Waals surface area (Å²) in [6, 6.07) is 1.80. The number of rotatable bonds is 4. The van der Waals surface area contributed by atoms with Gasteiger partial charge < -0.3 is 4.52 Å². The Morgan fingerprint density at radius 1 is 1.48 bits per heavy atom. The molecule has 1 aromatic heterocycles. The first kappa shape index (κ1) is 14.9. The quantitative estimate of drug-likeness (QED) is 0.853. The highest BCUT2D eigenvalue weighted by molar-refractivity contribution is 7.89. The van der Waals surface area contributed by atoms with Gasteiger partial charge in [0.15, 0.2) is 0 Å². The maximum absolute atomic E-state index is 13.1. The zero-order valence-corrected chi connectivity index (χ0v) is 12.6. The van der Waals surface area contributed by atoms with Crippen molar-refractivity contribution in [2.45, 2.75) is 38.0 Å². The molecular formula is C13H18F2N2O3S. The molecule has 3 rings (SSSR count). The Kier molecular flexibility index (Phi) is 3.56. The molecule has 118 valence electrons. The normalized spacial score (nSPS) is 26.9. The van der Waals surface area contributed by atoms with E-state index in [2.05, 4.69) is 5.16 Å². The van der Waals surface area contributed by atoms with Crippen LogP contribution < -0.4 is 0 Å². The molecule has 0 N–H and O–H groups in total. The van der Waals surface area contributed by atoms with E-state index in [0.717, 1.165) is 5.69 Å². The largest absolute Gasteiger partial charge is 0.361 e. The Morgan fingerprint density at radius 3 is 2.71 bits per heavy atom. The molecule has 5 nitrogen and oxygen atoms in total. The van der Waals surface area contributed by atoms with Crippen LogP contribution in [0.2, 0.25) is 0 Å². The highest BCUT2D eigenvalue weighted by atomic mass is 32.2. The highest BCUT2D eigenvalue weighted by Gasteiger charge is 2.44. The summed E-state index contributed by atoms with van der Waals surface area (Å²) in [7, 11) is -3.45. The Hall–Kier alpha value is -1.02. The molecule has 21 heavy (non-hydrogen) atoms. The van der Waals surface area contributed by atoms with Crippen molar-refractivity contribution in [3.05, 3.63) is 17.5 Å². The minimum Gasteiger partial charge on any atom is -0.361 e.